The fraction of sp³-hybridized carbons (Fsp3) is 0.455. The van der Waals surface area contributed by atoms with Gasteiger partial charge < -0.3 is 10.8 Å². The van der Waals surface area contributed by atoms with E-state index in [-0.39, 0.29) is 25.1 Å². The lowest BCUT2D eigenvalue weighted by Gasteiger charge is -2.11. The molecule has 1 unspecified atom stereocenters. The van der Waals surface area contributed by atoms with Crippen molar-refractivity contribution in [3.63, 3.8) is 0 Å². The topological polar surface area (TPSA) is 46.2 Å². The average molecular weight is 216 g/mol. The SMILES string of the molecule is Cc1ccc(C(N)CCO)cc1C.Cl. The molecule has 3 heteroatoms. The number of rotatable bonds is 3. The Bertz CT molecular complexity index is 289. The van der Waals surface area contributed by atoms with Gasteiger partial charge >= 0.3 is 0 Å². The minimum Gasteiger partial charge on any atom is -0.396 e. The van der Waals surface area contributed by atoms with Crippen LogP contribution in [0.2, 0.25) is 0 Å². The molecule has 2 nitrogen and oxygen atoms in total. The van der Waals surface area contributed by atoms with E-state index >= 15 is 0 Å². The largest absolute Gasteiger partial charge is 0.396 e. The highest BCUT2D eigenvalue weighted by Crippen LogP contribution is 2.17. The van der Waals surface area contributed by atoms with Gasteiger partial charge in [0.25, 0.3) is 0 Å². The van der Waals surface area contributed by atoms with E-state index < -0.39 is 0 Å². The van der Waals surface area contributed by atoms with E-state index in [4.69, 9.17) is 10.8 Å². The van der Waals surface area contributed by atoms with Crippen molar-refractivity contribution in [3.8, 4) is 0 Å². The van der Waals surface area contributed by atoms with Gasteiger partial charge in [-0.3, -0.25) is 0 Å². The molecule has 0 aliphatic rings. The molecule has 1 aromatic rings. The molecule has 0 aliphatic heterocycles. The second kappa shape index (κ2) is 6.02. The number of aliphatic hydroxyl groups is 1. The molecule has 14 heavy (non-hydrogen) atoms. The second-order valence-corrected chi connectivity index (χ2v) is 3.46. The fourth-order valence-corrected chi connectivity index (χ4v) is 1.30. The highest BCUT2D eigenvalue weighted by molar-refractivity contribution is 5.85. The summed E-state index contributed by atoms with van der Waals surface area (Å²) in [6.07, 6.45) is 0.627. The number of hydrogen-bond donors (Lipinski definition) is 2. The Morgan fingerprint density at radius 2 is 1.93 bits per heavy atom. The van der Waals surface area contributed by atoms with E-state index in [9.17, 15) is 0 Å². The minimum absolute atomic E-state index is 0. The van der Waals surface area contributed by atoms with Crippen LogP contribution in [0, 0.1) is 13.8 Å². The molecule has 1 aromatic carbocycles. The summed E-state index contributed by atoms with van der Waals surface area (Å²) in [7, 11) is 0. The first kappa shape index (κ1) is 13.4. The Kier molecular flexibility index (Phi) is 5.77. The van der Waals surface area contributed by atoms with E-state index in [1.807, 2.05) is 6.07 Å². The van der Waals surface area contributed by atoms with E-state index in [0.29, 0.717) is 6.42 Å². The van der Waals surface area contributed by atoms with Gasteiger partial charge in [-0.1, -0.05) is 18.2 Å². The lowest BCUT2D eigenvalue weighted by Crippen LogP contribution is -2.12. The Morgan fingerprint density at radius 3 is 2.43 bits per heavy atom. The van der Waals surface area contributed by atoms with Crippen molar-refractivity contribution in [2.24, 2.45) is 5.73 Å². The molecule has 0 heterocycles. The number of hydrogen-bond acceptors (Lipinski definition) is 2. The van der Waals surface area contributed by atoms with Crippen molar-refractivity contribution in [1.29, 1.82) is 0 Å². The van der Waals surface area contributed by atoms with Gasteiger partial charge in [-0.2, -0.15) is 0 Å². The third kappa shape index (κ3) is 3.29. The standard InChI is InChI=1S/C11H17NO.ClH/c1-8-3-4-10(7-9(8)2)11(12)5-6-13;/h3-4,7,11,13H,5-6,12H2,1-2H3;1H. The van der Waals surface area contributed by atoms with Crippen LogP contribution in [-0.4, -0.2) is 11.7 Å². The summed E-state index contributed by atoms with van der Waals surface area (Å²) in [4.78, 5) is 0. The lowest BCUT2D eigenvalue weighted by atomic mass is 10.00. The zero-order chi connectivity index (χ0) is 9.84. The summed E-state index contributed by atoms with van der Waals surface area (Å²) in [6.45, 7) is 4.30. The van der Waals surface area contributed by atoms with Crippen molar-refractivity contribution < 1.29 is 5.11 Å². The predicted octanol–water partition coefficient (Wildman–Crippen LogP) is 2.11. The Balaban J connectivity index is 0.00000169. The van der Waals surface area contributed by atoms with Gasteiger partial charge in [-0.05, 0) is 37.0 Å². The molecule has 80 valence electrons. The zero-order valence-corrected chi connectivity index (χ0v) is 9.47. The monoisotopic (exact) mass is 215 g/mol. The Hall–Kier alpha value is -0.570. The molecule has 0 amide bonds. The van der Waals surface area contributed by atoms with E-state index in [2.05, 4.69) is 26.0 Å². The summed E-state index contributed by atoms with van der Waals surface area (Å²) in [6, 6.07) is 6.16. The highest BCUT2D eigenvalue weighted by Gasteiger charge is 2.05. The van der Waals surface area contributed by atoms with E-state index in [1.165, 1.54) is 11.1 Å². The average Bonchev–Trinajstić information content (AvgIpc) is 2.10. The summed E-state index contributed by atoms with van der Waals surface area (Å²) in [5.41, 5.74) is 9.51. The minimum atomic E-state index is -0.0377. The second-order valence-electron chi connectivity index (χ2n) is 3.46. The maximum Gasteiger partial charge on any atom is 0.0449 e. The molecule has 1 atom stereocenters. The summed E-state index contributed by atoms with van der Waals surface area (Å²) >= 11 is 0. The van der Waals surface area contributed by atoms with Crippen molar-refractivity contribution in [2.75, 3.05) is 6.61 Å². The number of halogens is 1. The summed E-state index contributed by atoms with van der Waals surface area (Å²) in [5.74, 6) is 0. The van der Waals surface area contributed by atoms with Gasteiger partial charge in [0.2, 0.25) is 0 Å². The van der Waals surface area contributed by atoms with Crippen molar-refractivity contribution >= 4 is 12.4 Å². The summed E-state index contributed by atoms with van der Waals surface area (Å²) < 4.78 is 0. The lowest BCUT2D eigenvalue weighted by molar-refractivity contribution is 0.276. The zero-order valence-electron chi connectivity index (χ0n) is 8.66. The predicted molar refractivity (Wildman–Crippen MR) is 61.8 cm³/mol. The van der Waals surface area contributed by atoms with Gasteiger partial charge in [0, 0.05) is 12.6 Å². The number of benzene rings is 1. The number of nitrogens with two attached hydrogens (primary N) is 1. The van der Waals surface area contributed by atoms with Crippen LogP contribution in [-0.2, 0) is 0 Å². The van der Waals surface area contributed by atoms with Crippen molar-refractivity contribution in [1.82, 2.24) is 0 Å². The molecule has 0 radical (unpaired) electrons. The molecule has 0 saturated heterocycles. The summed E-state index contributed by atoms with van der Waals surface area (Å²) in [5, 5.41) is 8.74. The van der Waals surface area contributed by atoms with Gasteiger partial charge in [0.15, 0.2) is 0 Å². The van der Waals surface area contributed by atoms with Gasteiger partial charge in [0.05, 0.1) is 0 Å². The van der Waals surface area contributed by atoms with Gasteiger partial charge in [-0.25, -0.2) is 0 Å². The van der Waals surface area contributed by atoms with E-state index in [0.717, 1.165) is 5.56 Å². The molecule has 0 bridgehead atoms. The maximum absolute atomic E-state index is 8.74. The first-order valence-corrected chi connectivity index (χ1v) is 4.58. The molecule has 0 fully saturated rings. The molecule has 0 aliphatic carbocycles. The van der Waals surface area contributed by atoms with Crippen LogP contribution in [0.15, 0.2) is 18.2 Å². The van der Waals surface area contributed by atoms with Crippen LogP contribution in [0.25, 0.3) is 0 Å². The fourth-order valence-electron chi connectivity index (χ4n) is 1.30. The third-order valence-corrected chi connectivity index (χ3v) is 2.40. The number of aliphatic hydroxyl groups excluding tert-OH is 1. The quantitative estimate of drug-likeness (QED) is 0.812. The maximum atomic E-state index is 8.74. The first-order valence-electron chi connectivity index (χ1n) is 4.58. The van der Waals surface area contributed by atoms with Crippen LogP contribution < -0.4 is 5.73 Å². The molecular weight excluding hydrogens is 198 g/mol. The Labute approximate surface area is 91.5 Å². The smallest absolute Gasteiger partial charge is 0.0449 e. The molecular formula is C11H18ClNO. The van der Waals surface area contributed by atoms with Crippen molar-refractivity contribution in [3.05, 3.63) is 34.9 Å². The molecule has 3 N–H and O–H groups in total. The normalized spacial score (nSPS) is 12.0. The van der Waals surface area contributed by atoms with E-state index in [1.54, 1.807) is 0 Å². The van der Waals surface area contributed by atoms with Crippen molar-refractivity contribution in [2.45, 2.75) is 26.3 Å². The van der Waals surface area contributed by atoms with Crippen LogP contribution in [0.1, 0.15) is 29.2 Å². The first-order chi connectivity index (χ1) is 6.15. The number of aryl methyl sites for hydroxylation is 2. The van der Waals surface area contributed by atoms with Crippen LogP contribution in [0.5, 0.6) is 0 Å². The molecule has 0 saturated carbocycles. The molecule has 0 spiro atoms. The highest BCUT2D eigenvalue weighted by atomic mass is 35.5. The van der Waals surface area contributed by atoms with Crippen LogP contribution in [0.3, 0.4) is 0 Å². The van der Waals surface area contributed by atoms with Crippen LogP contribution in [0.4, 0.5) is 0 Å². The molecule has 0 aromatic heterocycles. The van der Waals surface area contributed by atoms with Gasteiger partial charge in [-0.15, -0.1) is 12.4 Å². The third-order valence-electron chi connectivity index (χ3n) is 2.40. The van der Waals surface area contributed by atoms with Gasteiger partial charge in [0.1, 0.15) is 0 Å². The van der Waals surface area contributed by atoms with Crippen LogP contribution >= 0.6 is 12.4 Å². The Morgan fingerprint density at radius 1 is 1.29 bits per heavy atom. The molecule has 1 rings (SSSR count).